The lowest BCUT2D eigenvalue weighted by Crippen LogP contribution is -2.18. The zero-order valence-corrected chi connectivity index (χ0v) is 24.1. The third-order valence-electron chi connectivity index (χ3n) is 6.83. The smallest absolute Gasteiger partial charge is 0.338 e. The lowest BCUT2D eigenvalue weighted by atomic mass is 10.0. The van der Waals surface area contributed by atoms with E-state index >= 15 is 0 Å². The summed E-state index contributed by atoms with van der Waals surface area (Å²) in [6, 6.07) is 12.9. The average molecular weight is 563 g/mol. The number of unbranched alkanes of at least 4 members (excludes halogenated alkanes) is 10. The number of hydrogen-bond acceptors (Lipinski definition) is 8. The average Bonchev–Trinajstić information content (AvgIpc) is 2.97. The molecule has 0 N–H and O–H groups in total. The Bertz CT molecular complexity index is 1130. The van der Waals surface area contributed by atoms with E-state index in [4.69, 9.17) is 9.47 Å². The highest BCUT2D eigenvalue weighted by Crippen LogP contribution is 2.21. The van der Waals surface area contributed by atoms with Crippen molar-refractivity contribution in [2.24, 2.45) is 9.98 Å². The molecule has 0 aliphatic carbocycles. The van der Waals surface area contributed by atoms with Gasteiger partial charge in [0.2, 0.25) is 12.2 Å². The lowest BCUT2D eigenvalue weighted by Gasteiger charge is -2.18. The van der Waals surface area contributed by atoms with Crippen molar-refractivity contribution in [1.29, 1.82) is 0 Å². The highest BCUT2D eigenvalue weighted by Gasteiger charge is 2.16. The molecule has 0 aliphatic rings. The van der Waals surface area contributed by atoms with Crippen LogP contribution in [0.5, 0.6) is 5.75 Å². The molecule has 0 aliphatic heterocycles. The maximum atomic E-state index is 12.7. The van der Waals surface area contributed by atoms with Crippen LogP contribution in [0.15, 0.2) is 58.5 Å². The first-order chi connectivity index (χ1) is 20.0. The molecule has 0 fully saturated rings. The molecular formula is C33H42N2O6. The second-order valence-electron chi connectivity index (χ2n) is 10.2. The second kappa shape index (κ2) is 21.0. The summed E-state index contributed by atoms with van der Waals surface area (Å²) in [4.78, 5) is 52.4. The maximum absolute atomic E-state index is 12.7. The molecule has 0 aromatic heterocycles. The summed E-state index contributed by atoms with van der Waals surface area (Å²) >= 11 is 0. The molecular weight excluding hydrogens is 520 g/mol. The number of aliphatic imine (C=N–C) groups is 2. The molecule has 1 atom stereocenters. The SMILES string of the molecule is CCCCCC[C@H](CCCCCCCCCCC(=O)Oc1ccc(N=C=O)cc1)OC(=O)c1ccc(N=C=O)cc1. The van der Waals surface area contributed by atoms with Crippen molar-refractivity contribution in [1.82, 2.24) is 0 Å². The molecule has 0 saturated carbocycles. The predicted molar refractivity (Wildman–Crippen MR) is 158 cm³/mol. The molecule has 2 rings (SSSR count). The lowest BCUT2D eigenvalue weighted by molar-refractivity contribution is -0.134. The zero-order valence-electron chi connectivity index (χ0n) is 24.1. The monoisotopic (exact) mass is 562 g/mol. The summed E-state index contributed by atoms with van der Waals surface area (Å²) in [5, 5.41) is 0. The minimum atomic E-state index is -0.335. The second-order valence-corrected chi connectivity index (χ2v) is 10.2. The third kappa shape index (κ3) is 14.9. The Labute approximate surface area is 243 Å². The van der Waals surface area contributed by atoms with Crippen molar-refractivity contribution in [3.63, 3.8) is 0 Å². The molecule has 0 amide bonds. The van der Waals surface area contributed by atoms with Crippen LogP contribution < -0.4 is 4.74 Å². The standard InChI is InChI=1S/C33H42N2O6/c1-2-3-4-11-14-30(41-33(39)27-17-19-28(20-18-27)34-25-36)15-12-9-7-5-6-8-10-13-16-32(38)40-31-23-21-29(22-24-31)35-26-37/h17-24,30H,2-16H2,1H3/t30-/m1/s1. The van der Waals surface area contributed by atoms with Crippen LogP contribution in [0.25, 0.3) is 0 Å². The van der Waals surface area contributed by atoms with Crippen LogP contribution in [0.4, 0.5) is 11.4 Å². The summed E-state index contributed by atoms with van der Waals surface area (Å²) in [7, 11) is 0. The van der Waals surface area contributed by atoms with E-state index in [1.807, 2.05) is 0 Å². The van der Waals surface area contributed by atoms with E-state index in [0.717, 1.165) is 77.0 Å². The third-order valence-corrected chi connectivity index (χ3v) is 6.83. The van der Waals surface area contributed by atoms with Gasteiger partial charge in [-0.25, -0.2) is 14.4 Å². The van der Waals surface area contributed by atoms with Gasteiger partial charge >= 0.3 is 11.9 Å². The van der Waals surface area contributed by atoms with Crippen molar-refractivity contribution in [3.05, 3.63) is 54.1 Å². The van der Waals surface area contributed by atoms with Gasteiger partial charge in [-0.2, -0.15) is 9.98 Å². The largest absolute Gasteiger partial charge is 0.459 e. The van der Waals surface area contributed by atoms with Crippen LogP contribution in [0.2, 0.25) is 0 Å². The Morgan fingerprint density at radius 1 is 0.683 bits per heavy atom. The molecule has 2 aromatic carbocycles. The summed E-state index contributed by atoms with van der Waals surface area (Å²) in [5.41, 5.74) is 1.39. The molecule has 0 bridgehead atoms. The molecule has 220 valence electrons. The Morgan fingerprint density at radius 2 is 1.17 bits per heavy atom. The van der Waals surface area contributed by atoms with Gasteiger partial charge in [-0.3, -0.25) is 4.79 Å². The van der Waals surface area contributed by atoms with E-state index < -0.39 is 0 Å². The van der Waals surface area contributed by atoms with E-state index in [1.165, 1.54) is 25.0 Å². The van der Waals surface area contributed by atoms with Crippen LogP contribution in [0, 0.1) is 0 Å². The van der Waals surface area contributed by atoms with Gasteiger partial charge < -0.3 is 9.47 Å². The number of nitrogens with zero attached hydrogens (tertiary/aromatic N) is 2. The highest BCUT2D eigenvalue weighted by atomic mass is 16.5. The van der Waals surface area contributed by atoms with Crippen molar-refractivity contribution in [2.75, 3.05) is 0 Å². The van der Waals surface area contributed by atoms with Gasteiger partial charge in [0.1, 0.15) is 11.9 Å². The van der Waals surface area contributed by atoms with E-state index in [0.29, 0.717) is 29.1 Å². The minimum absolute atomic E-state index is 0.0884. The molecule has 0 radical (unpaired) electrons. The number of ether oxygens (including phenoxy) is 2. The van der Waals surface area contributed by atoms with Crippen LogP contribution in [-0.4, -0.2) is 30.2 Å². The fourth-order valence-electron chi connectivity index (χ4n) is 4.53. The first-order valence-corrected chi connectivity index (χ1v) is 14.8. The van der Waals surface area contributed by atoms with Gasteiger partial charge in [-0.1, -0.05) is 64.7 Å². The molecule has 41 heavy (non-hydrogen) atoms. The number of carbonyl (C=O) groups is 2. The number of esters is 2. The Morgan fingerprint density at radius 3 is 1.71 bits per heavy atom. The van der Waals surface area contributed by atoms with Crippen molar-refractivity contribution < 1.29 is 28.7 Å². The number of carbonyl (C=O) groups excluding carboxylic acids is 4. The molecule has 2 aromatic rings. The highest BCUT2D eigenvalue weighted by molar-refractivity contribution is 5.89. The summed E-state index contributed by atoms with van der Waals surface area (Å²) in [5.74, 6) is -0.151. The minimum Gasteiger partial charge on any atom is -0.459 e. The number of rotatable bonds is 21. The van der Waals surface area contributed by atoms with Gasteiger partial charge in [0.25, 0.3) is 0 Å². The van der Waals surface area contributed by atoms with Gasteiger partial charge in [-0.15, -0.1) is 0 Å². The molecule has 0 saturated heterocycles. The van der Waals surface area contributed by atoms with E-state index in [1.54, 1.807) is 48.5 Å². The quantitative estimate of drug-likeness (QED) is 0.0495. The van der Waals surface area contributed by atoms with Crippen LogP contribution in [0.1, 0.15) is 114 Å². The van der Waals surface area contributed by atoms with Crippen molar-refractivity contribution in [2.45, 2.75) is 109 Å². The summed E-state index contributed by atoms with van der Waals surface area (Å²) < 4.78 is 11.2. The zero-order chi connectivity index (χ0) is 29.5. The number of hydrogen-bond donors (Lipinski definition) is 0. The van der Waals surface area contributed by atoms with Crippen LogP contribution >= 0.6 is 0 Å². The van der Waals surface area contributed by atoms with Crippen LogP contribution in [0.3, 0.4) is 0 Å². The molecule has 0 unspecified atom stereocenters. The van der Waals surface area contributed by atoms with Gasteiger partial charge in [0.05, 0.1) is 16.9 Å². The summed E-state index contributed by atoms with van der Waals surface area (Å²) in [6.45, 7) is 2.18. The molecule has 0 heterocycles. The number of benzene rings is 2. The first-order valence-electron chi connectivity index (χ1n) is 14.8. The van der Waals surface area contributed by atoms with Gasteiger partial charge in [0, 0.05) is 6.42 Å². The first kappa shape index (κ1) is 33.3. The Hall–Kier alpha value is -3.86. The van der Waals surface area contributed by atoms with E-state index in [-0.39, 0.29) is 18.0 Å². The van der Waals surface area contributed by atoms with E-state index in [9.17, 15) is 19.2 Å². The fourth-order valence-corrected chi connectivity index (χ4v) is 4.53. The van der Waals surface area contributed by atoms with Gasteiger partial charge in [0.15, 0.2) is 0 Å². The predicted octanol–water partition coefficient (Wildman–Crippen LogP) is 8.62. The summed E-state index contributed by atoms with van der Waals surface area (Å²) in [6.07, 6.45) is 18.0. The van der Waals surface area contributed by atoms with Crippen molar-refractivity contribution >= 4 is 35.5 Å². The topological polar surface area (TPSA) is 111 Å². The Kier molecular flexibility index (Phi) is 17.0. The number of isocyanates is 2. The fraction of sp³-hybridized carbons (Fsp3) is 0.515. The van der Waals surface area contributed by atoms with Crippen LogP contribution in [-0.2, 0) is 19.1 Å². The normalized spacial score (nSPS) is 11.1. The van der Waals surface area contributed by atoms with Crippen molar-refractivity contribution in [3.8, 4) is 5.75 Å². The molecule has 8 heteroatoms. The molecule has 8 nitrogen and oxygen atoms in total. The van der Waals surface area contributed by atoms with Gasteiger partial charge in [-0.05, 0) is 80.6 Å². The van der Waals surface area contributed by atoms with E-state index in [2.05, 4.69) is 16.9 Å². The molecule has 0 spiro atoms. The maximum Gasteiger partial charge on any atom is 0.338 e. The Balaban J connectivity index is 1.59.